The minimum Gasteiger partial charge on any atom is -0.481 e. The summed E-state index contributed by atoms with van der Waals surface area (Å²) in [6.07, 6.45) is 1.57. The van der Waals surface area contributed by atoms with E-state index in [1.165, 1.54) is 18.1 Å². The third-order valence-electron chi connectivity index (χ3n) is 2.12. The lowest BCUT2D eigenvalue weighted by Gasteiger charge is -2.03. The van der Waals surface area contributed by atoms with E-state index < -0.39 is 5.97 Å². The monoisotopic (exact) mass is 268 g/mol. The molecule has 2 rings (SSSR count). The van der Waals surface area contributed by atoms with Crippen LogP contribution >= 0.6 is 23.4 Å². The van der Waals surface area contributed by atoms with Crippen molar-refractivity contribution in [3.05, 3.63) is 29.5 Å². The van der Waals surface area contributed by atoms with Crippen LogP contribution < -0.4 is 0 Å². The number of carboxylic acid groups (broad SMARTS) is 1. The van der Waals surface area contributed by atoms with Crippen LogP contribution in [-0.4, -0.2) is 26.8 Å². The quantitative estimate of drug-likeness (QED) is 0.682. The molecule has 2 aromatic rings. The fraction of sp³-hybridized carbons (Fsp3) is 0.182. The number of thioether (sulfide) groups is 1. The highest BCUT2D eigenvalue weighted by Gasteiger charge is 2.06. The first kappa shape index (κ1) is 12.1. The van der Waals surface area contributed by atoms with Crippen LogP contribution in [0.3, 0.4) is 0 Å². The first-order valence-electron chi connectivity index (χ1n) is 4.91. The molecule has 4 nitrogen and oxygen atoms in total. The number of nitrogens with zero attached hydrogens (tertiary/aromatic N) is 2. The summed E-state index contributed by atoms with van der Waals surface area (Å²) in [6.45, 7) is 0. The molecule has 88 valence electrons. The molecular weight excluding hydrogens is 260 g/mol. The highest BCUT2D eigenvalue weighted by Crippen LogP contribution is 2.26. The Bertz CT molecular complexity index is 562. The molecule has 1 aromatic carbocycles. The summed E-state index contributed by atoms with van der Waals surface area (Å²) in [6, 6.07) is 5.38. The maximum Gasteiger partial charge on any atom is 0.304 e. The van der Waals surface area contributed by atoms with Crippen LogP contribution in [-0.2, 0) is 4.79 Å². The Hall–Kier alpha value is -1.33. The van der Waals surface area contributed by atoms with Crippen LogP contribution in [0.5, 0.6) is 0 Å². The van der Waals surface area contributed by atoms with Crippen molar-refractivity contribution < 1.29 is 9.90 Å². The molecular formula is C11H9ClN2O2S. The van der Waals surface area contributed by atoms with Gasteiger partial charge in [0.15, 0.2) is 0 Å². The minimum absolute atomic E-state index is 0.115. The van der Waals surface area contributed by atoms with Gasteiger partial charge in [-0.25, -0.2) is 9.97 Å². The molecule has 17 heavy (non-hydrogen) atoms. The molecule has 0 saturated carbocycles. The van der Waals surface area contributed by atoms with Crippen LogP contribution in [0.1, 0.15) is 6.42 Å². The van der Waals surface area contributed by atoms with Gasteiger partial charge in [0, 0.05) is 16.2 Å². The minimum atomic E-state index is -0.807. The summed E-state index contributed by atoms with van der Waals surface area (Å²) in [7, 11) is 0. The van der Waals surface area contributed by atoms with Gasteiger partial charge in [0.25, 0.3) is 0 Å². The number of hydrogen-bond donors (Lipinski definition) is 1. The largest absolute Gasteiger partial charge is 0.481 e. The molecule has 0 aliphatic carbocycles. The average Bonchev–Trinajstić information content (AvgIpc) is 2.28. The van der Waals surface area contributed by atoms with Crippen molar-refractivity contribution in [2.45, 2.75) is 11.4 Å². The molecule has 0 aliphatic rings. The summed E-state index contributed by atoms with van der Waals surface area (Å²) in [5.41, 5.74) is 0.769. The number of carbonyl (C=O) groups is 1. The summed E-state index contributed by atoms with van der Waals surface area (Å²) < 4.78 is 0. The van der Waals surface area contributed by atoms with Gasteiger partial charge in [-0.15, -0.1) is 11.8 Å². The highest BCUT2D eigenvalue weighted by molar-refractivity contribution is 7.99. The SMILES string of the molecule is O=C(O)CCSc1ncnc2cc(Cl)ccc12. The van der Waals surface area contributed by atoms with Crippen molar-refractivity contribution >= 4 is 40.2 Å². The van der Waals surface area contributed by atoms with Gasteiger partial charge in [-0.1, -0.05) is 11.6 Å². The average molecular weight is 269 g/mol. The second-order valence-corrected chi connectivity index (χ2v) is 4.85. The van der Waals surface area contributed by atoms with E-state index in [9.17, 15) is 4.79 Å². The Kier molecular flexibility index (Phi) is 3.81. The molecule has 0 atom stereocenters. The number of benzene rings is 1. The molecule has 0 fully saturated rings. The molecule has 1 aromatic heterocycles. The maximum absolute atomic E-state index is 10.4. The number of halogens is 1. The number of rotatable bonds is 4. The van der Waals surface area contributed by atoms with Gasteiger partial charge in [0.1, 0.15) is 11.4 Å². The topological polar surface area (TPSA) is 63.1 Å². The summed E-state index contributed by atoms with van der Waals surface area (Å²) in [4.78, 5) is 18.7. The Labute approximate surface area is 107 Å². The van der Waals surface area contributed by atoms with E-state index in [-0.39, 0.29) is 6.42 Å². The second kappa shape index (κ2) is 5.33. The summed E-state index contributed by atoms with van der Waals surface area (Å²) >= 11 is 7.28. The zero-order valence-corrected chi connectivity index (χ0v) is 10.3. The van der Waals surface area contributed by atoms with E-state index in [0.717, 1.165) is 15.9 Å². The number of aliphatic carboxylic acids is 1. The van der Waals surface area contributed by atoms with E-state index in [1.807, 2.05) is 6.07 Å². The van der Waals surface area contributed by atoms with Crippen molar-refractivity contribution in [1.29, 1.82) is 0 Å². The van der Waals surface area contributed by atoms with Crippen LogP contribution in [0.4, 0.5) is 0 Å². The zero-order chi connectivity index (χ0) is 12.3. The van der Waals surface area contributed by atoms with Gasteiger partial charge >= 0.3 is 5.97 Å². The van der Waals surface area contributed by atoms with Gasteiger partial charge in [-0.3, -0.25) is 4.79 Å². The molecule has 0 amide bonds. The van der Waals surface area contributed by atoms with E-state index in [4.69, 9.17) is 16.7 Å². The van der Waals surface area contributed by atoms with Crippen LogP contribution in [0.15, 0.2) is 29.6 Å². The fourth-order valence-electron chi connectivity index (χ4n) is 1.36. The van der Waals surface area contributed by atoms with Gasteiger partial charge in [-0.2, -0.15) is 0 Å². The molecule has 0 saturated heterocycles. The summed E-state index contributed by atoms with van der Waals surface area (Å²) in [5, 5.41) is 10.9. The standard InChI is InChI=1S/C11H9ClN2O2S/c12-7-1-2-8-9(5-7)13-6-14-11(8)17-4-3-10(15)16/h1-2,5-6H,3-4H2,(H,15,16). The molecule has 0 spiro atoms. The Morgan fingerprint density at radius 1 is 1.41 bits per heavy atom. The van der Waals surface area contributed by atoms with Crippen LogP contribution in [0.2, 0.25) is 5.02 Å². The predicted molar refractivity (Wildman–Crippen MR) is 67.5 cm³/mol. The number of aromatic nitrogens is 2. The van der Waals surface area contributed by atoms with Crippen LogP contribution in [0.25, 0.3) is 10.9 Å². The molecule has 6 heteroatoms. The van der Waals surface area contributed by atoms with Crippen LogP contribution in [0, 0.1) is 0 Å². The van der Waals surface area contributed by atoms with Gasteiger partial charge in [0.05, 0.1) is 11.9 Å². The second-order valence-electron chi connectivity index (χ2n) is 3.33. The lowest BCUT2D eigenvalue weighted by Crippen LogP contribution is -1.96. The van der Waals surface area contributed by atoms with Gasteiger partial charge in [-0.05, 0) is 18.2 Å². The molecule has 0 unspecified atom stereocenters. The van der Waals surface area contributed by atoms with E-state index in [0.29, 0.717) is 10.8 Å². The number of fused-ring (bicyclic) bond motifs is 1. The lowest BCUT2D eigenvalue weighted by molar-refractivity contribution is -0.136. The van der Waals surface area contributed by atoms with Crippen molar-refractivity contribution in [2.75, 3.05) is 5.75 Å². The molecule has 1 N–H and O–H groups in total. The predicted octanol–water partition coefficient (Wildman–Crippen LogP) is 2.85. The molecule has 1 heterocycles. The van der Waals surface area contributed by atoms with Crippen molar-refractivity contribution in [3.63, 3.8) is 0 Å². The Morgan fingerprint density at radius 2 is 2.24 bits per heavy atom. The summed E-state index contributed by atoms with van der Waals surface area (Å²) in [5.74, 6) is -0.316. The zero-order valence-electron chi connectivity index (χ0n) is 8.76. The Morgan fingerprint density at radius 3 is 3.00 bits per heavy atom. The third-order valence-corrected chi connectivity index (χ3v) is 3.36. The van der Waals surface area contributed by atoms with E-state index in [2.05, 4.69) is 9.97 Å². The number of hydrogen-bond acceptors (Lipinski definition) is 4. The first-order chi connectivity index (χ1) is 8.16. The molecule has 0 aliphatic heterocycles. The first-order valence-corrected chi connectivity index (χ1v) is 6.28. The van der Waals surface area contributed by atoms with Gasteiger partial charge < -0.3 is 5.11 Å². The van der Waals surface area contributed by atoms with E-state index in [1.54, 1.807) is 12.1 Å². The highest BCUT2D eigenvalue weighted by atomic mass is 35.5. The van der Waals surface area contributed by atoms with Crippen molar-refractivity contribution in [1.82, 2.24) is 9.97 Å². The lowest BCUT2D eigenvalue weighted by atomic mass is 10.2. The smallest absolute Gasteiger partial charge is 0.304 e. The van der Waals surface area contributed by atoms with Crippen molar-refractivity contribution in [2.24, 2.45) is 0 Å². The Balaban J connectivity index is 2.25. The van der Waals surface area contributed by atoms with E-state index >= 15 is 0 Å². The van der Waals surface area contributed by atoms with Gasteiger partial charge in [0.2, 0.25) is 0 Å². The number of carboxylic acids is 1. The molecule has 0 radical (unpaired) electrons. The normalized spacial score (nSPS) is 10.6. The van der Waals surface area contributed by atoms with Crippen molar-refractivity contribution in [3.8, 4) is 0 Å². The molecule has 0 bridgehead atoms. The fourth-order valence-corrected chi connectivity index (χ4v) is 2.44. The maximum atomic E-state index is 10.4. The third kappa shape index (κ3) is 3.08.